The molecule has 0 saturated heterocycles. The molecule has 2 aromatic rings. The summed E-state index contributed by atoms with van der Waals surface area (Å²) < 4.78 is 3.93. The zero-order valence-corrected chi connectivity index (χ0v) is 22.4. The Morgan fingerprint density at radius 1 is 1.15 bits per heavy atom. The van der Waals surface area contributed by atoms with Crippen molar-refractivity contribution in [2.24, 2.45) is 0 Å². The third-order valence-corrected chi connectivity index (χ3v) is 8.93. The van der Waals surface area contributed by atoms with Gasteiger partial charge < -0.3 is 10.0 Å². The van der Waals surface area contributed by atoms with Crippen molar-refractivity contribution in [3.8, 4) is 0 Å². The third-order valence-electron chi connectivity index (χ3n) is 6.06. The van der Waals surface area contributed by atoms with Crippen LogP contribution in [0.25, 0.3) is 0 Å². The molecule has 0 unspecified atom stereocenters. The van der Waals surface area contributed by atoms with Crippen molar-refractivity contribution in [3.05, 3.63) is 48.0 Å². The van der Waals surface area contributed by atoms with E-state index in [9.17, 15) is 4.79 Å². The first-order valence-electron chi connectivity index (χ1n) is 11.8. The summed E-state index contributed by atoms with van der Waals surface area (Å²) in [5.41, 5.74) is 3.72. The number of carboxylic acids is 1. The molecule has 0 radical (unpaired) electrons. The van der Waals surface area contributed by atoms with E-state index in [2.05, 4.69) is 72.2 Å². The molecule has 3 rings (SSSR count). The van der Waals surface area contributed by atoms with Gasteiger partial charge in [0.25, 0.3) is 0 Å². The Hall–Kier alpha value is -1.28. The average Bonchev–Trinajstić information content (AvgIpc) is 2.98. The first-order chi connectivity index (χ1) is 16.0. The minimum absolute atomic E-state index is 0.0449. The van der Waals surface area contributed by atoms with Crippen LogP contribution in [0.2, 0.25) is 0 Å². The van der Waals surface area contributed by atoms with Gasteiger partial charge in [0, 0.05) is 33.3 Å². The second-order valence-corrected chi connectivity index (χ2v) is 11.3. The summed E-state index contributed by atoms with van der Waals surface area (Å²) in [6, 6.07) is 15.3. The quantitative estimate of drug-likeness (QED) is 0.228. The maximum atomic E-state index is 11.0. The lowest BCUT2D eigenvalue weighted by molar-refractivity contribution is -0.133. The first-order valence-corrected chi connectivity index (χ1v) is 15.0. The van der Waals surface area contributed by atoms with Crippen molar-refractivity contribution in [3.63, 3.8) is 0 Å². The summed E-state index contributed by atoms with van der Waals surface area (Å²) in [6.07, 6.45) is 9.23. The molecular weight excluding hydrogens is 468 g/mol. The van der Waals surface area contributed by atoms with Crippen LogP contribution >= 0.6 is 35.5 Å². The van der Waals surface area contributed by atoms with Crippen LogP contribution < -0.4 is 9.62 Å². The summed E-state index contributed by atoms with van der Waals surface area (Å²) in [7, 11) is 0. The van der Waals surface area contributed by atoms with Gasteiger partial charge in [-0.25, -0.2) is 0 Å². The Bertz CT molecular complexity index is 900. The van der Waals surface area contributed by atoms with E-state index in [1.807, 2.05) is 0 Å². The smallest absolute Gasteiger partial charge is 0.313 e. The molecular formula is C26H36N2O2S3. The summed E-state index contributed by atoms with van der Waals surface area (Å²) in [4.78, 5) is 16.0. The number of para-hydroxylation sites is 1. The normalized spacial score (nSPS) is 15.2. The van der Waals surface area contributed by atoms with Crippen LogP contribution in [0.3, 0.4) is 0 Å². The second-order valence-electron chi connectivity index (χ2n) is 8.63. The van der Waals surface area contributed by atoms with Gasteiger partial charge in [-0.15, -0.1) is 23.5 Å². The van der Waals surface area contributed by atoms with E-state index < -0.39 is 5.97 Å². The van der Waals surface area contributed by atoms with E-state index in [4.69, 9.17) is 5.11 Å². The van der Waals surface area contributed by atoms with Gasteiger partial charge in [0.05, 0.1) is 11.4 Å². The Morgan fingerprint density at radius 3 is 2.45 bits per heavy atom. The van der Waals surface area contributed by atoms with E-state index in [1.165, 1.54) is 64.2 Å². The van der Waals surface area contributed by atoms with Gasteiger partial charge in [-0.2, -0.15) is 0 Å². The molecule has 0 fully saturated rings. The number of benzene rings is 2. The molecule has 1 aliphatic rings. The second kappa shape index (κ2) is 13.0. The average molecular weight is 505 g/mol. The highest BCUT2D eigenvalue weighted by atomic mass is 32.2. The molecule has 0 bridgehead atoms. The van der Waals surface area contributed by atoms with Gasteiger partial charge in [-0.05, 0) is 60.9 Å². The third kappa shape index (κ3) is 7.10. The number of thioether (sulfide) groups is 2. The maximum Gasteiger partial charge on any atom is 0.313 e. The number of hydrogen-bond donors (Lipinski definition) is 2. The maximum absolute atomic E-state index is 11.0. The fourth-order valence-electron chi connectivity index (χ4n) is 4.27. The molecule has 0 aliphatic carbocycles. The van der Waals surface area contributed by atoms with Crippen molar-refractivity contribution < 1.29 is 9.90 Å². The number of nitrogens with zero attached hydrogens (tertiary/aromatic N) is 1. The molecule has 4 nitrogen and oxygen atoms in total. The van der Waals surface area contributed by atoms with Crippen LogP contribution in [0.1, 0.15) is 57.9 Å². The number of nitrogens with one attached hydrogen (secondary N) is 1. The van der Waals surface area contributed by atoms with Crippen LogP contribution in [0.15, 0.2) is 52.3 Å². The minimum Gasteiger partial charge on any atom is -0.481 e. The molecule has 0 saturated carbocycles. The zero-order valence-electron chi connectivity index (χ0n) is 19.9. The molecule has 2 aromatic carbocycles. The molecule has 0 spiro atoms. The summed E-state index contributed by atoms with van der Waals surface area (Å²) >= 11 is 4.97. The van der Waals surface area contributed by atoms with Crippen LogP contribution in [0.5, 0.6) is 0 Å². The molecule has 0 atom stereocenters. The number of anilines is 2. The van der Waals surface area contributed by atoms with Crippen molar-refractivity contribution in [2.75, 3.05) is 23.5 Å². The highest BCUT2D eigenvalue weighted by Gasteiger charge is 2.36. The largest absolute Gasteiger partial charge is 0.481 e. The molecule has 0 aromatic heterocycles. The summed E-state index contributed by atoms with van der Waals surface area (Å²) in [5, 5.41) is 9.06. The van der Waals surface area contributed by atoms with Crippen LogP contribution in [0.4, 0.5) is 11.4 Å². The van der Waals surface area contributed by atoms with Gasteiger partial charge in [0.2, 0.25) is 0 Å². The SMILES string of the molecule is CCCCC1(CCCC)CN(c2ccccc2)c2cc(SC)c(CSCC(=O)O)cc2SN1. The fourth-order valence-corrected chi connectivity index (χ4v) is 6.79. The van der Waals surface area contributed by atoms with E-state index >= 15 is 0 Å². The number of carboxylic acid groups (broad SMARTS) is 1. The van der Waals surface area contributed by atoms with Gasteiger partial charge in [0.1, 0.15) is 0 Å². The molecule has 7 heteroatoms. The Morgan fingerprint density at radius 2 is 1.85 bits per heavy atom. The molecule has 2 N–H and O–H groups in total. The number of aliphatic carboxylic acids is 1. The van der Waals surface area contributed by atoms with Crippen molar-refractivity contribution >= 4 is 52.8 Å². The van der Waals surface area contributed by atoms with Crippen molar-refractivity contribution in [2.45, 2.75) is 73.5 Å². The lowest BCUT2D eigenvalue weighted by Crippen LogP contribution is -2.49. The number of rotatable bonds is 12. The van der Waals surface area contributed by atoms with E-state index in [0.29, 0.717) is 5.75 Å². The van der Waals surface area contributed by atoms with Crippen LogP contribution in [-0.4, -0.2) is 35.2 Å². The van der Waals surface area contributed by atoms with Crippen molar-refractivity contribution in [1.82, 2.24) is 4.72 Å². The topological polar surface area (TPSA) is 52.6 Å². The van der Waals surface area contributed by atoms with Gasteiger partial charge in [-0.3, -0.25) is 9.52 Å². The molecule has 33 heavy (non-hydrogen) atoms. The minimum atomic E-state index is -0.761. The highest BCUT2D eigenvalue weighted by molar-refractivity contribution is 7.99. The summed E-state index contributed by atoms with van der Waals surface area (Å²) in [5.74, 6) is 0.0746. The molecule has 1 heterocycles. The fraction of sp³-hybridized carbons (Fsp3) is 0.500. The van der Waals surface area contributed by atoms with Gasteiger partial charge in [0.15, 0.2) is 0 Å². The molecule has 1 aliphatic heterocycles. The Kier molecular flexibility index (Phi) is 10.4. The number of carbonyl (C=O) groups is 1. The van der Waals surface area contributed by atoms with Crippen LogP contribution in [-0.2, 0) is 10.5 Å². The lowest BCUT2D eigenvalue weighted by atomic mass is 9.87. The monoisotopic (exact) mass is 504 g/mol. The molecule has 180 valence electrons. The molecule has 0 amide bonds. The Balaban J connectivity index is 2.03. The predicted molar refractivity (Wildman–Crippen MR) is 146 cm³/mol. The van der Waals surface area contributed by atoms with Gasteiger partial charge in [-0.1, -0.05) is 57.7 Å². The zero-order chi connectivity index (χ0) is 23.7. The lowest BCUT2D eigenvalue weighted by Gasteiger charge is -2.38. The van der Waals surface area contributed by atoms with E-state index in [1.54, 1.807) is 23.7 Å². The van der Waals surface area contributed by atoms with E-state index in [0.717, 1.165) is 19.4 Å². The standard InChI is InChI=1S/C26H36N2O2S3/c1-4-6-13-26(14-7-5-2)19-28(21-11-9-8-10-12-21)22-16-23(31-3)20(15-24(22)33-27-26)17-32-18-25(29)30/h8-12,15-16,27H,4-7,13-14,17-19H2,1-3H3,(H,29,30). The summed E-state index contributed by atoms with van der Waals surface area (Å²) in [6.45, 7) is 5.48. The number of hydrogen-bond acceptors (Lipinski definition) is 6. The Labute approximate surface area is 211 Å². The van der Waals surface area contributed by atoms with Gasteiger partial charge >= 0.3 is 5.97 Å². The van der Waals surface area contributed by atoms with Crippen LogP contribution in [0, 0.1) is 0 Å². The number of fused-ring (bicyclic) bond motifs is 1. The van der Waals surface area contributed by atoms with Crippen molar-refractivity contribution in [1.29, 1.82) is 0 Å². The number of unbranched alkanes of at least 4 members (excludes halogenated alkanes) is 2. The highest BCUT2D eigenvalue weighted by Crippen LogP contribution is 2.44. The van der Waals surface area contributed by atoms with E-state index in [-0.39, 0.29) is 11.3 Å². The predicted octanol–water partition coefficient (Wildman–Crippen LogP) is 7.59. The first kappa shape index (κ1) is 26.3.